The number of hydrogen-bond donors (Lipinski definition) is 1. The molecule has 0 rings (SSSR count). The second-order valence-corrected chi connectivity index (χ2v) is 3.12. The largest absolute Gasteiger partial charge is 0.483 e. The van der Waals surface area contributed by atoms with E-state index in [0.717, 1.165) is 6.40 Å². The molecule has 18 heavy (non-hydrogen) atoms. The average Bonchev–Trinajstić information content (AvgIpc) is 2.31. The highest BCUT2D eigenvalue weighted by atomic mass is 16.5. The van der Waals surface area contributed by atoms with Gasteiger partial charge < -0.3 is 10.5 Å². The van der Waals surface area contributed by atoms with Gasteiger partial charge >= 0.3 is 0 Å². The first kappa shape index (κ1) is 15.5. The fraction of sp³-hybridized carbons (Fsp3) is 0.364. The van der Waals surface area contributed by atoms with Crippen molar-refractivity contribution in [2.75, 3.05) is 6.61 Å². The molecule has 0 unspecified atom stereocenters. The highest BCUT2D eigenvalue weighted by Gasteiger charge is 2.13. The first-order valence-electron chi connectivity index (χ1n) is 5.08. The number of nitriles is 1. The summed E-state index contributed by atoms with van der Waals surface area (Å²) in [5.74, 6) is -1.28. The zero-order chi connectivity index (χ0) is 14.1. The zero-order valence-electron chi connectivity index (χ0n) is 10.4. The van der Waals surface area contributed by atoms with Crippen molar-refractivity contribution in [3.05, 3.63) is 11.4 Å². The Labute approximate surface area is 105 Å². The summed E-state index contributed by atoms with van der Waals surface area (Å²) < 4.78 is 4.80. The Kier molecular flexibility index (Phi) is 6.66. The summed E-state index contributed by atoms with van der Waals surface area (Å²) in [5, 5.41) is 8.86. The third-order valence-corrected chi connectivity index (χ3v) is 1.78. The van der Waals surface area contributed by atoms with Crippen molar-refractivity contribution < 1.29 is 14.3 Å². The average molecular weight is 250 g/mol. The molecule has 0 aromatic carbocycles. The molecule has 0 aliphatic carbocycles. The van der Waals surface area contributed by atoms with Crippen molar-refractivity contribution in [3.8, 4) is 6.07 Å². The monoisotopic (exact) mass is 250 g/mol. The number of allylic oxidation sites excluding steroid dienone is 1. The molecule has 0 aromatic rings. The maximum absolute atomic E-state index is 11.2. The van der Waals surface area contributed by atoms with Crippen molar-refractivity contribution in [1.82, 2.24) is 0 Å². The van der Waals surface area contributed by atoms with Crippen LogP contribution in [0.25, 0.3) is 0 Å². The quantitative estimate of drug-likeness (QED) is 0.316. The molecular weight excluding hydrogens is 236 g/mol. The Morgan fingerprint density at radius 3 is 2.44 bits per heavy atom. The highest BCUT2D eigenvalue weighted by molar-refractivity contribution is 6.38. The summed E-state index contributed by atoms with van der Waals surface area (Å²) in [6, 6.07) is 1.67. The lowest BCUT2D eigenvalue weighted by molar-refractivity contribution is -0.114. The number of nitrogens with two attached hydrogens (primary N) is 1. The number of carbonyl (C=O) groups excluding carboxylic acids is 2. The number of aliphatic imine (C=N–C) groups is 2. The molecule has 7 nitrogen and oxygen atoms in total. The predicted molar refractivity (Wildman–Crippen MR) is 65.7 cm³/mol. The second-order valence-electron chi connectivity index (χ2n) is 3.12. The van der Waals surface area contributed by atoms with Gasteiger partial charge in [0.15, 0.2) is 23.6 Å². The SMILES string of the molecule is CCOC=N/C(C#N)=C(\N=C(C)C(C)=O)C(N)=O. The number of hydrogen-bond acceptors (Lipinski definition) is 6. The number of primary amides is 1. The number of carbonyl (C=O) groups is 2. The van der Waals surface area contributed by atoms with Crippen LogP contribution in [0.1, 0.15) is 20.8 Å². The number of nitrogens with zero attached hydrogens (tertiary/aromatic N) is 3. The molecule has 0 saturated carbocycles. The minimum atomic E-state index is -0.944. The van der Waals surface area contributed by atoms with E-state index < -0.39 is 5.91 Å². The molecule has 0 radical (unpaired) electrons. The molecule has 0 bridgehead atoms. The van der Waals surface area contributed by atoms with Gasteiger partial charge in [-0.3, -0.25) is 9.59 Å². The lowest BCUT2D eigenvalue weighted by Crippen LogP contribution is -2.17. The van der Waals surface area contributed by atoms with Crippen LogP contribution in [-0.2, 0) is 14.3 Å². The molecule has 2 N–H and O–H groups in total. The molecular formula is C11H14N4O3. The smallest absolute Gasteiger partial charge is 0.270 e. The Morgan fingerprint density at radius 2 is 2.06 bits per heavy atom. The third-order valence-electron chi connectivity index (χ3n) is 1.78. The highest BCUT2D eigenvalue weighted by Crippen LogP contribution is 2.07. The summed E-state index contributed by atoms with van der Waals surface area (Å²) in [6.45, 7) is 4.79. The van der Waals surface area contributed by atoms with E-state index in [4.69, 9.17) is 15.7 Å². The summed E-state index contributed by atoms with van der Waals surface area (Å²) in [5.41, 5.74) is 4.46. The van der Waals surface area contributed by atoms with Crippen LogP contribution in [0.4, 0.5) is 0 Å². The van der Waals surface area contributed by atoms with Gasteiger partial charge in [-0.1, -0.05) is 0 Å². The van der Waals surface area contributed by atoms with Crippen LogP contribution < -0.4 is 5.73 Å². The van der Waals surface area contributed by atoms with Crippen molar-refractivity contribution >= 4 is 23.8 Å². The van der Waals surface area contributed by atoms with E-state index >= 15 is 0 Å². The number of Topliss-reactive ketones (excluding diaryl/α,β-unsaturated/α-hetero) is 1. The van der Waals surface area contributed by atoms with Crippen LogP contribution in [0.5, 0.6) is 0 Å². The minimum Gasteiger partial charge on any atom is -0.483 e. The van der Waals surface area contributed by atoms with Crippen LogP contribution in [0, 0.1) is 11.3 Å². The van der Waals surface area contributed by atoms with E-state index in [1.807, 2.05) is 0 Å². The number of ketones is 1. The lowest BCUT2D eigenvalue weighted by atomic mass is 10.2. The number of ether oxygens (including phenoxy) is 1. The van der Waals surface area contributed by atoms with Crippen LogP contribution in [0.2, 0.25) is 0 Å². The van der Waals surface area contributed by atoms with E-state index in [9.17, 15) is 9.59 Å². The molecule has 0 atom stereocenters. The van der Waals surface area contributed by atoms with Gasteiger partial charge in [0.05, 0.1) is 12.3 Å². The van der Waals surface area contributed by atoms with Crippen molar-refractivity contribution in [2.45, 2.75) is 20.8 Å². The van der Waals surface area contributed by atoms with Crippen molar-refractivity contribution in [3.63, 3.8) is 0 Å². The Bertz CT molecular complexity index is 469. The molecule has 1 amide bonds. The Hall–Kier alpha value is -2.49. The third kappa shape index (κ3) is 5.03. The molecule has 0 aromatic heterocycles. The fourth-order valence-electron chi connectivity index (χ4n) is 0.779. The van der Waals surface area contributed by atoms with Gasteiger partial charge in [-0.05, 0) is 13.8 Å². The lowest BCUT2D eigenvalue weighted by Gasteiger charge is -1.99. The van der Waals surface area contributed by atoms with Gasteiger partial charge in [0.2, 0.25) is 0 Å². The second kappa shape index (κ2) is 7.73. The summed E-state index contributed by atoms with van der Waals surface area (Å²) >= 11 is 0. The van der Waals surface area contributed by atoms with Gasteiger partial charge in [0.25, 0.3) is 5.91 Å². The van der Waals surface area contributed by atoms with Crippen LogP contribution in [0.15, 0.2) is 21.4 Å². The molecule has 0 aliphatic rings. The normalized spacial score (nSPS) is 12.9. The first-order valence-corrected chi connectivity index (χ1v) is 5.08. The molecule has 0 aliphatic heterocycles. The van der Waals surface area contributed by atoms with Gasteiger partial charge in [-0.15, -0.1) is 0 Å². The van der Waals surface area contributed by atoms with E-state index in [0.29, 0.717) is 6.61 Å². The number of rotatable bonds is 6. The van der Waals surface area contributed by atoms with Gasteiger partial charge in [-0.2, -0.15) is 5.26 Å². The summed E-state index contributed by atoms with van der Waals surface area (Å²) in [4.78, 5) is 29.5. The van der Waals surface area contributed by atoms with Crippen LogP contribution in [-0.4, -0.2) is 30.4 Å². The molecule has 96 valence electrons. The molecule has 7 heteroatoms. The molecule has 0 saturated heterocycles. The summed E-state index contributed by atoms with van der Waals surface area (Å²) in [7, 11) is 0. The standard InChI is InChI=1S/C11H14N4O3/c1-4-18-6-14-9(5-12)10(11(13)17)15-7(2)8(3)16/h6H,4H2,1-3H3,(H2,13,17)/b10-9-,14-6?,15-7?. The van der Waals surface area contributed by atoms with E-state index in [1.54, 1.807) is 13.0 Å². The maximum Gasteiger partial charge on any atom is 0.270 e. The molecule has 0 spiro atoms. The van der Waals surface area contributed by atoms with E-state index in [2.05, 4.69) is 9.98 Å². The van der Waals surface area contributed by atoms with Gasteiger partial charge in [0.1, 0.15) is 6.07 Å². The van der Waals surface area contributed by atoms with Crippen LogP contribution >= 0.6 is 0 Å². The topological polar surface area (TPSA) is 118 Å². The molecule has 0 heterocycles. The van der Waals surface area contributed by atoms with E-state index in [-0.39, 0.29) is 22.9 Å². The van der Waals surface area contributed by atoms with Crippen LogP contribution in [0.3, 0.4) is 0 Å². The van der Waals surface area contributed by atoms with Gasteiger partial charge in [0, 0.05) is 6.92 Å². The predicted octanol–water partition coefficient (Wildman–Crippen LogP) is 0.322. The molecule has 0 fully saturated rings. The van der Waals surface area contributed by atoms with Gasteiger partial charge in [-0.25, -0.2) is 9.98 Å². The maximum atomic E-state index is 11.2. The fourth-order valence-corrected chi connectivity index (χ4v) is 0.779. The Morgan fingerprint density at radius 1 is 1.44 bits per heavy atom. The minimum absolute atomic E-state index is 0.0585. The first-order chi connectivity index (χ1) is 8.43. The van der Waals surface area contributed by atoms with E-state index in [1.165, 1.54) is 13.8 Å². The zero-order valence-corrected chi connectivity index (χ0v) is 10.4. The number of amides is 1. The van der Waals surface area contributed by atoms with Crippen molar-refractivity contribution in [1.29, 1.82) is 5.26 Å². The Balaban J connectivity index is 5.54. The van der Waals surface area contributed by atoms with Crippen molar-refractivity contribution in [2.24, 2.45) is 15.7 Å². The summed E-state index contributed by atoms with van der Waals surface area (Å²) in [6.07, 6.45) is 1.01.